The standard InChI is InChI=1S/C11H22.C2H6/c1-3-5-7-9-11-10-8-6-4-2;1-2/h9,11H,3-8,10H2,1-2H3;1-2H3/b11-9-;. The third kappa shape index (κ3) is 18.6. The van der Waals surface area contributed by atoms with Crippen LogP contribution in [0.4, 0.5) is 0 Å². The van der Waals surface area contributed by atoms with Gasteiger partial charge in [-0.05, 0) is 19.3 Å². The molecule has 0 radical (unpaired) electrons. The highest BCUT2D eigenvalue weighted by atomic mass is 13.9. The number of allylic oxidation sites excluding steroid dienone is 2. The Labute approximate surface area is 85.4 Å². The van der Waals surface area contributed by atoms with E-state index in [1.54, 1.807) is 0 Å². The summed E-state index contributed by atoms with van der Waals surface area (Å²) in [5.74, 6) is 0. The summed E-state index contributed by atoms with van der Waals surface area (Å²) in [4.78, 5) is 0. The van der Waals surface area contributed by atoms with Crippen molar-refractivity contribution in [2.45, 2.75) is 72.6 Å². The van der Waals surface area contributed by atoms with Gasteiger partial charge in [-0.1, -0.05) is 65.5 Å². The molecule has 0 spiro atoms. The second-order valence-corrected chi connectivity index (χ2v) is 3.11. The normalized spacial score (nSPS) is 9.85. The second kappa shape index (κ2) is 17.7. The van der Waals surface area contributed by atoms with Crippen LogP contribution in [0, 0.1) is 0 Å². The van der Waals surface area contributed by atoms with Crippen molar-refractivity contribution in [1.29, 1.82) is 0 Å². The number of rotatable bonds is 7. The van der Waals surface area contributed by atoms with Crippen molar-refractivity contribution < 1.29 is 0 Å². The molecular formula is C13H28. The lowest BCUT2D eigenvalue weighted by Gasteiger charge is -1.91. The average molecular weight is 184 g/mol. The van der Waals surface area contributed by atoms with Gasteiger partial charge in [0.25, 0.3) is 0 Å². The van der Waals surface area contributed by atoms with Gasteiger partial charge in [-0.25, -0.2) is 0 Å². The topological polar surface area (TPSA) is 0 Å². The Morgan fingerprint density at radius 3 is 1.62 bits per heavy atom. The van der Waals surface area contributed by atoms with E-state index in [0.29, 0.717) is 0 Å². The first-order chi connectivity index (χ1) is 6.41. The maximum Gasteiger partial charge on any atom is -0.0351 e. The van der Waals surface area contributed by atoms with Crippen molar-refractivity contribution in [2.24, 2.45) is 0 Å². The van der Waals surface area contributed by atoms with Gasteiger partial charge in [-0.2, -0.15) is 0 Å². The fourth-order valence-corrected chi connectivity index (χ4v) is 1.07. The van der Waals surface area contributed by atoms with Gasteiger partial charge in [0, 0.05) is 0 Å². The third-order valence-corrected chi connectivity index (χ3v) is 1.87. The lowest BCUT2D eigenvalue weighted by molar-refractivity contribution is 0.726. The summed E-state index contributed by atoms with van der Waals surface area (Å²) < 4.78 is 0. The smallest absolute Gasteiger partial charge is 0.0351 e. The Hall–Kier alpha value is -0.260. The summed E-state index contributed by atoms with van der Waals surface area (Å²) in [5, 5.41) is 0. The molecule has 80 valence electrons. The third-order valence-electron chi connectivity index (χ3n) is 1.87. The Morgan fingerprint density at radius 1 is 0.692 bits per heavy atom. The first kappa shape index (κ1) is 15.2. The molecule has 0 atom stereocenters. The van der Waals surface area contributed by atoms with Crippen LogP contribution in [0.3, 0.4) is 0 Å². The Morgan fingerprint density at radius 2 is 1.15 bits per heavy atom. The summed E-state index contributed by atoms with van der Waals surface area (Å²) in [6.45, 7) is 8.49. The molecule has 0 aliphatic rings. The zero-order chi connectivity index (χ0) is 10.4. The molecule has 0 N–H and O–H groups in total. The first-order valence-electron chi connectivity index (χ1n) is 6.06. The quantitative estimate of drug-likeness (QED) is 0.370. The van der Waals surface area contributed by atoms with Crippen LogP contribution >= 0.6 is 0 Å². The van der Waals surface area contributed by atoms with Crippen molar-refractivity contribution in [3.05, 3.63) is 12.2 Å². The lowest BCUT2D eigenvalue weighted by Crippen LogP contribution is -1.71. The largest absolute Gasteiger partial charge is 0.0885 e. The zero-order valence-corrected chi connectivity index (χ0v) is 10.1. The highest BCUT2D eigenvalue weighted by molar-refractivity contribution is 4.80. The fraction of sp³-hybridized carbons (Fsp3) is 0.846. The van der Waals surface area contributed by atoms with Crippen LogP contribution in [0.25, 0.3) is 0 Å². The minimum absolute atomic E-state index is 1.28. The van der Waals surface area contributed by atoms with Crippen LogP contribution < -0.4 is 0 Å². The molecule has 13 heavy (non-hydrogen) atoms. The van der Waals surface area contributed by atoms with Crippen molar-refractivity contribution in [1.82, 2.24) is 0 Å². The highest BCUT2D eigenvalue weighted by Gasteiger charge is 1.81. The first-order valence-corrected chi connectivity index (χ1v) is 6.06. The summed E-state index contributed by atoms with van der Waals surface area (Å²) in [6, 6.07) is 0. The van der Waals surface area contributed by atoms with E-state index < -0.39 is 0 Å². The van der Waals surface area contributed by atoms with E-state index in [1.807, 2.05) is 13.8 Å². The summed E-state index contributed by atoms with van der Waals surface area (Å²) in [6.07, 6.45) is 14.0. The van der Waals surface area contributed by atoms with Gasteiger partial charge in [0.05, 0.1) is 0 Å². The minimum Gasteiger partial charge on any atom is -0.0885 e. The van der Waals surface area contributed by atoms with E-state index in [1.165, 1.54) is 44.9 Å². The molecule has 0 aromatic rings. The molecule has 0 saturated heterocycles. The van der Waals surface area contributed by atoms with E-state index in [0.717, 1.165) is 0 Å². The molecule has 0 aliphatic carbocycles. The summed E-state index contributed by atoms with van der Waals surface area (Å²) >= 11 is 0. The van der Waals surface area contributed by atoms with Crippen LogP contribution in [-0.2, 0) is 0 Å². The Balaban J connectivity index is 0. The molecule has 0 bridgehead atoms. The number of hydrogen-bond donors (Lipinski definition) is 0. The van der Waals surface area contributed by atoms with Gasteiger partial charge in [0.15, 0.2) is 0 Å². The molecule has 0 heteroatoms. The van der Waals surface area contributed by atoms with Crippen molar-refractivity contribution in [2.75, 3.05) is 0 Å². The molecule has 0 nitrogen and oxygen atoms in total. The predicted octanol–water partition coefficient (Wildman–Crippen LogP) is 5.34. The average Bonchev–Trinajstić information content (AvgIpc) is 2.20. The van der Waals surface area contributed by atoms with Crippen LogP contribution in [0.15, 0.2) is 12.2 Å². The Bertz CT molecular complexity index is 82.0. The van der Waals surface area contributed by atoms with Gasteiger partial charge in [0.2, 0.25) is 0 Å². The molecule has 0 amide bonds. The van der Waals surface area contributed by atoms with E-state index >= 15 is 0 Å². The zero-order valence-electron chi connectivity index (χ0n) is 10.1. The van der Waals surface area contributed by atoms with Gasteiger partial charge in [0.1, 0.15) is 0 Å². The maximum atomic E-state index is 2.34. The van der Waals surface area contributed by atoms with Gasteiger partial charge in [-0.3, -0.25) is 0 Å². The molecule has 0 heterocycles. The maximum absolute atomic E-state index is 2.34. The van der Waals surface area contributed by atoms with Crippen LogP contribution in [0.2, 0.25) is 0 Å². The van der Waals surface area contributed by atoms with Crippen molar-refractivity contribution in [3.8, 4) is 0 Å². The molecular weight excluding hydrogens is 156 g/mol. The van der Waals surface area contributed by atoms with Crippen LogP contribution in [0.1, 0.15) is 72.6 Å². The Kier molecular flexibility index (Phi) is 20.8. The van der Waals surface area contributed by atoms with Crippen molar-refractivity contribution in [3.63, 3.8) is 0 Å². The SMILES string of the molecule is CC.CCCC/C=C\CCCCC. The van der Waals surface area contributed by atoms with E-state index in [4.69, 9.17) is 0 Å². The summed E-state index contributed by atoms with van der Waals surface area (Å²) in [5.41, 5.74) is 0. The number of unbranched alkanes of at least 4 members (excludes halogenated alkanes) is 5. The van der Waals surface area contributed by atoms with E-state index in [-0.39, 0.29) is 0 Å². The van der Waals surface area contributed by atoms with Gasteiger partial charge < -0.3 is 0 Å². The predicted molar refractivity (Wildman–Crippen MR) is 64.2 cm³/mol. The lowest BCUT2D eigenvalue weighted by atomic mass is 10.2. The molecule has 0 saturated carbocycles. The number of hydrogen-bond acceptors (Lipinski definition) is 0. The van der Waals surface area contributed by atoms with Crippen LogP contribution in [0.5, 0.6) is 0 Å². The van der Waals surface area contributed by atoms with E-state index in [2.05, 4.69) is 26.0 Å². The van der Waals surface area contributed by atoms with Crippen molar-refractivity contribution >= 4 is 0 Å². The minimum atomic E-state index is 1.28. The van der Waals surface area contributed by atoms with E-state index in [9.17, 15) is 0 Å². The van der Waals surface area contributed by atoms with Crippen LogP contribution in [-0.4, -0.2) is 0 Å². The second-order valence-electron chi connectivity index (χ2n) is 3.11. The molecule has 0 aliphatic heterocycles. The fourth-order valence-electron chi connectivity index (χ4n) is 1.07. The molecule has 0 unspecified atom stereocenters. The summed E-state index contributed by atoms with van der Waals surface area (Å²) in [7, 11) is 0. The molecule has 0 aromatic heterocycles. The van der Waals surface area contributed by atoms with Gasteiger partial charge >= 0.3 is 0 Å². The molecule has 0 aromatic carbocycles. The molecule has 0 rings (SSSR count). The highest BCUT2D eigenvalue weighted by Crippen LogP contribution is 2.01. The van der Waals surface area contributed by atoms with Gasteiger partial charge in [-0.15, -0.1) is 0 Å². The molecule has 0 fully saturated rings. The monoisotopic (exact) mass is 184 g/mol.